The number of nitrogens with one attached hydrogen (secondary N) is 1. The minimum Gasteiger partial charge on any atom is -0.493 e. The summed E-state index contributed by atoms with van der Waals surface area (Å²) in [7, 11) is 1.70. The Morgan fingerprint density at radius 3 is 2.89 bits per heavy atom. The summed E-state index contributed by atoms with van der Waals surface area (Å²) in [5.74, 6) is 1.53. The topological polar surface area (TPSA) is 43.4 Å². The molecule has 0 saturated heterocycles. The van der Waals surface area contributed by atoms with Gasteiger partial charge in [0.25, 0.3) is 0 Å². The van der Waals surface area contributed by atoms with Crippen molar-refractivity contribution in [2.45, 2.75) is 26.8 Å². The number of nitrogens with zero attached hydrogens (tertiary/aromatic N) is 1. The Kier molecular flexibility index (Phi) is 7.37. The smallest absolute Gasteiger partial charge is 0.122 e. The summed E-state index contributed by atoms with van der Waals surface area (Å²) >= 11 is 0. The molecule has 1 N–H and O–H groups in total. The summed E-state index contributed by atoms with van der Waals surface area (Å²) < 4.78 is 10.6. The Morgan fingerprint density at radius 1 is 1.33 bits per heavy atom. The summed E-state index contributed by atoms with van der Waals surface area (Å²) in [6.07, 6.45) is 2.69. The normalized spacial score (nSPS) is 10.9. The lowest BCUT2D eigenvalue weighted by atomic mass is 10.2. The SMILES string of the molecule is COCCCOc1ccnc(CNCC(C)C)c1. The van der Waals surface area contributed by atoms with E-state index < -0.39 is 0 Å². The van der Waals surface area contributed by atoms with Gasteiger partial charge in [0.15, 0.2) is 0 Å². The van der Waals surface area contributed by atoms with Gasteiger partial charge in [-0.15, -0.1) is 0 Å². The fourth-order valence-corrected chi connectivity index (χ4v) is 1.52. The molecule has 0 radical (unpaired) electrons. The molecule has 0 bridgehead atoms. The first-order valence-electron chi connectivity index (χ1n) is 6.49. The number of ether oxygens (including phenoxy) is 2. The van der Waals surface area contributed by atoms with E-state index in [0.717, 1.165) is 37.6 Å². The monoisotopic (exact) mass is 252 g/mol. The van der Waals surface area contributed by atoms with Crippen LogP contribution in [-0.4, -0.2) is 31.9 Å². The Morgan fingerprint density at radius 2 is 2.17 bits per heavy atom. The van der Waals surface area contributed by atoms with Crippen LogP contribution in [0.3, 0.4) is 0 Å². The molecule has 1 rings (SSSR count). The Hall–Kier alpha value is -1.13. The lowest BCUT2D eigenvalue weighted by Crippen LogP contribution is -2.19. The molecule has 0 aliphatic rings. The molecule has 0 saturated carbocycles. The molecule has 0 amide bonds. The van der Waals surface area contributed by atoms with E-state index in [1.54, 1.807) is 13.3 Å². The van der Waals surface area contributed by atoms with E-state index in [9.17, 15) is 0 Å². The van der Waals surface area contributed by atoms with Gasteiger partial charge in [-0.2, -0.15) is 0 Å². The molecule has 0 aliphatic carbocycles. The Labute approximate surface area is 110 Å². The van der Waals surface area contributed by atoms with E-state index in [4.69, 9.17) is 9.47 Å². The molecule has 1 aromatic heterocycles. The van der Waals surface area contributed by atoms with Gasteiger partial charge in [-0.05, 0) is 18.5 Å². The average molecular weight is 252 g/mol. The number of hydrogen-bond acceptors (Lipinski definition) is 4. The molecule has 0 aliphatic heterocycles. The van der Waals surface area contributed by atoms with Crippen molar-refractivity contribution in [1.82, 2.24) is 10.3 Å². The minimum absolute atomic E-state index is 0.651. The maximum Gasteiger partial charge on any atom is 0.122 e. The molecule has 0 unspecified atom stereocenters. The summed E-state index contributed by atoms with van der Waals surface area (Å²) in [5, 5.41) is 3.37. The van der Waals surface area contributed by atoms with Gasteiger partial charge in [0.1, 0.15) is 5.75 Å². The first kappa shape index (κ1) is 14.9. The van der Waals surface area contributed by atoms with Gasteiger partial charge in [-0.1, -0.05) is 13.8 Å². The van der Waals surface area contributed by atoms with Crippen LogP contribution in [-0.2, 0) is 11.3 Å². The summed E-state index contributed by atoms with van der Waals surface area (Å²) in [5.41, 5.74) is 1.01. The van der Waals surface area contributed by atoms with Crippen molar-refractivity contribution in [2.75, 3.05) is 26.9 Å². The fraction of sp³-hybridized carbons (Fsp3) is 0.643. The quantitative estimate of drug-likeness (QED) is 0.685. The molecular weight excluding hydrogens is 228 g/mol. The molecule has 1 heterocycles. The molecular formula is C14H24N2O2. The van der Waals surface area contributed by atoms with Crippen molar-refractivity contribution in [2.24, 2.45) is 5.92 Å². The number of pyridine rings is 1. The summed E-state index contributed by atoms with van der Waals surface area (Å²) in [6.45, 7) is 7.57. The van der Waals surface area contributed by atoms with Gasteiger partial charge in [0, 0.05) is 38.9 Å². The van der Waals surface area contributed by atoms with Gasteiger partial charge in [0.05, 0.1) is 12.3 Å². The molecule has 0 atom stereocenters. The molecule has 0 fully saturated rings. The molecule has 4 nitrogen and oxygen atoms in total. The Balaban J connectivity index is 2.32. The molecule has 0 aromatic carbocycles. The lowest BCUT2D eigenvalue weighted by Gasteiger charge is -2.09. The maximum absolute atomic E-state index is 5.63. The largest absolute Gasteiger partial charge is 0.493 e. The van der Waals surface area contributed by atoms with Gasteiger partial charge < -0.3 is 14.8 Å². The number of hydrogen-bond donors (Lipinski definition) is 1. The lowest BCUT2D eigenvalue weighted by molar-refractivity contribution is 0.172. The van der Waals surface area contributed by atoms with E-state index in [1.807, 2.05) is 12.1 Å². The summed E-state index contributed by atoms with van der Waals surface area (Å²) in [6, 6.07) is 3.87. The first-order chi connectivity index (χ1) is 8.72. The van der Waals surface area contributed by atoms with Gasteiger partial charge in [-0.3, -0.25) is 4.98 Å². The zero-order valence-corrected chi connectivity index (χ0v) is 11.6. The zero-order chi connectivity index (χ0) is 13.2. The number of rotatable bonds is 9. The van der Waals surface area contributed by atoms with Crippen LogP contribution in [0, 0.1) is 5.92 Å². The highest BCUT2D eigenvalue weighted by Crippen LogP contribution is 2.11. The molecule has 18 heavy (non-hydrogen) atoms. The van der Waals surface area contributed by atoms with Gasteiger partial charge >= 0.3 is 0 Å². The second kappa shape index (κ2) is 8.89. The van der Waals surface area contributed by atoms with E-state index in [-0.39, 0.29) is 0 Å². The summed E-state index contributed by atoms with van der Waals surface area (Å²) in [4.78, 5) is 4.31. The Bertz CT molecular complexity index is 329. The van der Waals surface area contributed by atoms with Crippen molar-refractivity contribution in [3.63, 3.8) is 0 Å². The standard InChI is InChI=1S/C14H24N2O2/c1-12(2)10-15-11-13-9-14(5-6-16-13)18-8-4-7-17-3/h5-6,9,12,15H,4,7-8,10-11H2,1-3H3. The minimum atomic E-state index is 0.651. The van der Waals surface area contributed by atoms with E-state index in [2.05, 4.69) is 24.1 Å². The van der Waals surface area contributed by atoms with Crippen LogP contribution in [0.1, 0.15) is 26.0 Å². The highest BCUT2D eigenvalue weighted by Gasteiger charge is 1.99. The van der Waals surface area contributed by atoms with Crippen LogP contribution in [0.4, 0.5) is 0 Å². The molecule has 4 heteroatoms. The van der Waals surface area contributed by atoms with E-state index >= 15 is 0 Å². The third-order valence-electron chi connectivity index (χ3n) is 2.41. The highest BCUT2D eigenvalue weighted by molar-refractivity contribution is 5.22. The van der Waals surface area contributed by atoms with Crippen molar-refractivity contribution < 1.29 is 9.47 Å². The first-order valence-corrected chi connectivity index (χ1v) is 6.49. The van der Waals surface area contributed by atoms with Crippen molar-refractivity contribution in [3.05, 3.63) is 24.0 Å². The molecule has 0 spiro atoms. The molecule has 102 valence electrons. The highest BCUT2D eigenvalue weighted by atomic mass is 16.5. The second-order valence-corrected chi connectivity index (χ2v) is 4.70. The van der Waals surface area contributed by atoms with Crippen LogP contribution in [0.5, 0.6) is 5.75 Å². The predicted octanol–water partition coefficient (Wildman–Crippen LogP) is 2.24. The van der Waals surface area contributed by atoms with Gasteiger partial charge in [-0.25, -0.2) is 0 Å². The fourth-order valence-electron chi connectivity index (χ4n) is 1.52. The van der Waals surface area contributed by atoms with Crippen LogP contribution < -0.4 is 10.1 Å². The van der Waals surface area contributed by atoms with Crippen LogP contribution in [0.15, 0.2) is 18.3 Å². The van der Waals surface area contributed by atoms with Crippen molar-refractivity contribution in [3.8, 4) is 5.75 Å². The van der Waals surface area contributed by atoms with Crippen LogP contribution in [0.2, 0.25) is 0 Å². The van der Waals surface area contributed by atoms with Gasteiger partial charge in [0.2, 0.25) is 0 Å². The van der Waals surface area contributed by atoms with Crippen molar-refractivity contribution in [1.29, 1.82) is 0 Å². The third kappa shape index (κ3) is 6.57. The van der Waals surface area contributed by atoms with Crippen LogP contribution >= 0.6 is 0 Å². The van der Waals surface area contributed by atoms with Crippen LogP contribution in [0.25, 0.3) is 0 Å². The second-order valence-electron chi connectivity index (χ2n) is 4.70. The number of aromatic nitrogens is 1. The molecule has 1 aromatic rings. The predicted molar refractivity (Wildman–Crippen MR) is 72.8 cm³/mol. The maximum atomic E-state index is 5.63. The average Bonchev–Trinajstić information content (AvgIpc) is 2.35. The number of methoxy groups -OCH3 is 1. The zero-order valence-electron chi connectivity index (χ0n) is 11.6. The van der Waals surface area contributed by atoms with E-state index in [1.165, 1.54) is 0 Å². The van der Waals surface area contributed by atoms with E-state index in [0.29, 0.717) is 12.5 Å². The third-order valence-corrected chi connectivity index (χ3v) is 2.41. The van der Waals surface area contributed by atoms with Crippen molar-refractivity contribution >= 4 is 0 Å².